The lowest BCUT2D eigenvalue weighted by Crippen LogP contribution is -2.24. The lowest BCUT2D eigenvalue weighted by Gasteiger charge is -2.08. The summed E-state index contributed by atoms with van der Waals surface area (Å²) in [6.45, 7) is 4.20. The fraction of sp³-hybridized carbons (Fsp3) is 0.500. The predicted molar refractivity (Wildman–Crippen MR) is 71.9 cm³/mol. The van der Waals surface area contributed by atoms with E-state index in [1.54, 1.807) is 27.8 Å². The topological polar surface area (TPSA) is 77.6 Å². The summed E-state index contributed by atoms with van der Waals surface area (Å²) < 4.78 is 3.43. The molecule has 1 N–H and O–H groups in total. The van der Waals surface area contributed by atoms with Crippen LogP contribution in [0.5, 0.6) is 0 Å². The van der Waals surface area contributed by atoms with Crippen molar-refractivity contribution < 1.29 is 0 Å². The number of aryl methyl sites for hydroxylation is 2. The van der Waals surface area contributed by atoms with E-state index in [9.17, 15) is 4.79 Å². The molecule has 0 aliphatic heterocycles. The van der Waals surface area contributed by atoms with Gasteiger partial charge in [-0.15, -0.1) is 5.10 Å². The predicted octanol–water partition coefficient (Wildman–Crippen LogP) is 0.747. The molecule has 0 saturated heterocycles. The van der Waals surface area contributed by atoms with Crippen molar-refractivity contribution in [2.45, 2.75) is 32.9 Å². The highest BCUT2D eigenvalue weighted by molar-refractivity contribution is 5.30. The third kappa shape index (κ3) is 3.64. The number of rotatable bonds is 7. The zero-order chi connectivity index (χ0) is 13.5. The highest BCUT2D eigenvalue weighted by Gasteiger charge is 2.03. The zero-order valence-electron chi connectivity index (χ0n) is 11.0. The molecular formula is C12H18N6O. The van der Waals surface area contributed by atoms with Gasteiger partial charge in [0.15, 0.2) is 5.82 Å². The maximum atomic E-state index is 12.0. The molecule has 102 valence electrons. The van der Waals surface area contributed by atoms with Crippen LogP contribution in [0.4, 0.5) is 5.82 Å². The van der Waals surface area contributed by atoms with E-state index in [1.807, 2.05) is 13.1 Å². The van der Waals surface area contributed by atoms with E-state index in [4.69, 9.17) is 0 Å². The van der Waals surface area contributed by atoms with Gasteiger partial charge >= 0.3 is 0 Å². The Morgan fingerprint density at radius 2 is 2.16 bits per heavy atom. The van der Waals surface area contributed by atoms with E-state index < -0.39 is 0 Å². The molecule has 7 nitrogen and oxygen atoms in total. The second kappa shape index (κ2) is 6.67. The highest BCUT2D eigenvalue weighted by Crippen LogP contribution is 1.95. The first-order valence-corrected chi connectivity index (χ1v) is 6.44. The lowest BCUT2D eigenvalue weighted by molar-refractivity contribution is 0.569. The van der Waals surface area contributed by atoms with Crippen LogP contribution in [0, 0.1) is 0 Å². The first-order valence-electron chi connectivity index (χ1n) is 6.44. The molecule has 0 aliphatic rings. The molecule has 0 unspecified atom stereocenters. The second-order valence-electron chi connectivity index (χ2n) is 4.22. The minimum Gasteiger partial charge on any atom is -0.365 e. The van der Waals surface area contributed by atoms with Crippen molar-refractivity contribution in [3.05, 3.63) is 35.1 Å². The van der Waals surface area contributed by atoms with Crippen molar-refractivity contribution >= 4 is 5.82 Å². The Morgan fingerprint density at radius 3 is 2.89 bits per heavy atom. The number of hydrogen-bond donors (Lipinski definition) is 1. The Balaban J connectivity index is 1.85. The van der Waals surface area contributed by atoms with Gasteiger partial charge in [0, 0.05) is 38.2 Å². The van der Waals surface area contributed by atoms with Gasteiger partial charge in [-0.25, -0.2) is 4.98 Å². The summed E-state index contributed by atoms with van der Waals surface area (Å²) in [6, 6.07) is 0. The van der Waals surface area contributed by atoms with Gasteiger partial charge in [0.25, 0.3) is 5.56 Å². The minimum absolute atomic E-state index is 0.0647. The molecule has 7 heteroatoms. The van der Waals surface area contributed by atoms with E-state index in [-0.39, 0.29) is 5.56 Å². The van der Waals surface area contributed by atoms with Crippen LogP contribution in [-0.2, 0) is 13.1 Å². The van der Waals surface area contributed by atoms with Gasteiger partial charge in [0.05, 0.1) is 6.20 Å². The molecule has 0 aromatic carbocycles. The third-order valence-corrected chi connectivity index (χ3v) is 2.71. The van der Waals surface area contributed by atoms with E-state index in [0.29, 0.717) is 12.4 Å². The van der Waals surface area contributed by atoms with Crippen LogP contribution in [0.2, 0.25) is 0 Å². The van der Waals surface area contributed by atoms with E-state index in [2.05, 4.69) is 20.6 Å². The first-order chi connectivity index (χ1) is 9.31. The summed E-state index contributed by atoms with van der Waals surface area (Å²) in [6.07, 6.45) is 8.61. The first kappa shape index (κ1) is 13.3. The molecule has 0 saturated carbocycles. The quantitative estimate of drug-likeness (QED) is 0.745. The van der Waals surface area contributed by atoms with Crippen LogP contribution in [0.3, 0.4) is 0 Å². The summed E-state index contributed by atoms with van der Waals surface area (Å²) in [5.41, 5.74) is -0.0647. The van der Waals surface area contributed by atoms with Gasteiger partial charge in [-0.3, -0.25) is 9.48 Å². The molecule has 0 radical (unpaired) electrons. The molecule has 0 fully saturated rings. The van der Waals surface area contributed by atoms with Crippen LogP contribution in [0.25, 0.3) is 0 Å². The van der Waals surface area contributed by atoms with Crippen molar-refractivity contribution in [3.8, 4) is 0 Å². The SMILES string of the molecule is CCCn1ccnc(NCCCn2ccnn2)c1=O. The molecule has 0 bridgehead atoms. The number of nitrogens with one attached hydrogen (secondary N) is 1. The van der Waals surface area contributed by atoms with Gasteiger partial charge in [0.2, 0.25) is 0 Å². The van der Waals surface area contributed by atoms with Gasteiger partial charge < -0.3 is 9.88 Å². The Bertz CT molecular complexity index is 548. The molecule has 2 rings (SSSR count). The van der Waals surface area contributed by atoms with Crippen LogP contribution in [0.15, 0.2) is 29.6 Å². The van der Waals surface area contributed by atoms with Gasteiger partial charge in [-0.2, -0.15) is 0 Å². The Hall–Kier alpha value is -2.18. The molecule has 19 heavy (non-hydrogen) atoms. The molecule has 2 heterocycles. The lowest BCUT2D eigenvalue weighted by atomic mass is 10.4. The summed E-state index contributed by atoms with van der Waals surface area (Å²) >= 11 is 0. The molecule has 0 atom stereocenters. The summed E-state index contributed by atoms with van der Waals surface area (Å²) in [4.78, 5) is 16.1. The van der Waals surface area contributed by atoms with E-state index in [1.165, 1.54) is 0 Å². The van der Waals surface area contributed by atoms with E-state index in [0.717, 1.165) is 25.9 Å². The average molecular weight is 262 g/mol. The van der Waals surface area contributed by atoms with Crippen molar-refractivity contribution in [2.24, 2.45) is 0 Å². The average Bonchev–Trinajstić information content (AvgIpc) is 2.92. The fourth-order valence-electron chi connectivity index (χ4n) is 1.79. The molecule has 0 amide bonds. The van der Waals surface area contributed by atoms with Gasteiger partial charge in [-0.05, 0) is 12.8 Å². The number of anilines is 1. The van der Waals surface area contributed by atoms with Crippen LogP contribution < -0.4 is 10.9 Å². The standard InChI is InChI=1S/C12H18N6O/c1-2-7-17-9-5-14-11(12(17)19)13-4-3-8-18-10-6-15-16-18/h5-6,9-10H,2-4,7-8H2,1H3,(H,13,14). The van der Waals surface area contributed by atoms with Crippen molar-refractivity contribution in [2.75, 3.05) is 11.9 Å². The van der Waals surface area contributed by atoms with Crippen LogP contribution in [-0.4, -0.2) is 31.1 Å². The van der Waals surface area contributed by atoms with Gasteiger partial charge in [0.1, 0.15) is 0 Å². The smallest absolute Gasteiger partial charge is 0.293 e. The van der Waals surface area contributed by atoms with Crippen LogP contribution in [0.1, 0.15) is 19.8 Å². The molecule has 2 aromatic rings. The normalized spacial score (nSPS) is 10.6. The van der Waals surface area contributed by atoms with Crippen molar-refractivity contribution in [3.63, 3.8) is 0 Å². The summed E-state index contributed by atoms with van der Waals surface area (Å²) in [7, 11) is 0. The van der Waals surface area contributed by atoms with E-state index >= 15 is 0 Å². The minimum atomic E-state index is -0.0647. The zero-order valence-corrected chi connectivity index (χ0v) is 11.0. The molecule has 0 spiro atoms. The summed E-state index contributed by atoms with van der Waals surface area (Å²) in [5.74, 6) is 0.412. The van der Waals surface area contributed by atoms with Gasteiger partial charge in [-0.1, -0.05) is 12.1 Å². The van der Waals surface area contributed by atoms with Crippen molar-refractivity contribution in [1.29, 1.82) is 0 Å². The Labute approximate surface area is 111 Å². The molecular weight excluding hydrogens is 244 g/mol. The highest BCUT2D eigenvalue weighted by atomic mass is 16.1. The second-order valence-corrected chi connectivity index (χ2v) is 4.22. The number of nitrogens with zero attached hydrogens (tertiary/aromatic N) is 5. The molecule has 0 aliphatic carbocycles. The Kier molecular flexibility index (Phi) is 4.66. The number of hydrogen-bond acceptors (Lipinski definition) is 5. The third-order valence-electron chi connectivity index (χ3n) is 2.71. The summed E-state index contributed by atoms with van der Waals surface area (Å²) in [5, 5.41) is 10.7. The largest absolute Gasteiger partial charge is 0.365 e. The maximum Gasteiger partial charge on any atom is 0.293 e. The maximum absolute atomic E-state index is 12.0. The number of aromatic nitrogens is 5. The Morgan fingerprint density at radius 1 is 1.26 bits per heavy atom. The van der Waals surface area contributed by atoms with Crippen molar-refractivity contribution in [1.82, 2.24) is 24.5 Å². The monoisotopic (exact) mass is 262 g/mol. The van der Waals surface area contributed by atoms with Crippen LogP contribution >= 0.6 is 0 Å². The molecule has 2 aromatic heterocycles. The fourth-order valence-corrected chi connectivity index (χ4v) is 1.79.